The van der Waals surface area contributed by atoms with Crippen LogP contribution in [0.1, 0.15) is 15.9 Å². The summed E-state index contributed by atoms with van der Waals surface area (Å²) in [6.07, 6.45) is 3.05. The maximum Gasteiger partial charge on any atom is 0.335 e. The molecular weight excluding hydrogens is 366 g/mol. The van der Waals surface area contributed by atoms with Gasteiger partial charge in [0, 0.05) is 25.8 Å². The Morgan fingerprint density at radius 2 is 1.86 bits per heavy atom. The Balaban J connectivity index is 1.45. The molecule has 28 heavy (non-hydrogen) atoms. The minimum absolute atomic E-state index is 0.0489. The number of nitrogens with one attached hydrogen (secondary N) is 2. The van der Waals surface area contributed by atoms with Crippen LogP contribution in [0.4, 0.5) is 10.5 Å². The van der Waals surface area contributed by atoms with Crippen LogP contribution in [-0.4, -0.2) is 64.0 Å². The van der Waals surface area contributed by atoms with Crippen LogP contribution in [0.15, 0.2) is 36.7 Å². The number of nitrogens with zero attached hydrogens (tertiary/aromatic N) is 3. The first-order chi connectivity index (χ1) is 13.5. The zero-order valence-electron chi connectivity index (χ0n) is 15.1. The van der Waals surface area contributed by atoms with E-state index < -0.39 is 12.0 Å². The number of carbonyl (C=O) groups is 3. The van der Waals surface area contributed by atoms with Crippen molar-refractivity contribution in [2.24, 2.45) is 0 Å². The van der Waals surface area contributed by atoms with Crippen LogP contribution in [0.5, 0.6) is 0 Å². The molecule has 148 valence electrons. The molecule has 2 aromatic rings. The zero-order chi connectivity index (χ0) is 19.9. The van der Waals surface area contributed by atoms with E-state index in [-0.39, 0.29) is 24.6 Å². The summed E-state index contributed by atoms with van der Waals surface area (Å²) in [5.74, 6) is -1.05. The van der Waals surface area contributed by atoms with Gasteiger partial charge in [0.1, 0.15) is 6.54 Å². The Morgan fingerprint density at radius 3 is 2.54 bits per heavy atom. The molecule has 1 saturated heterocycles. The number of morpholine rings is 1. The van der Waals surface area contributed by atoms with Gasteiger partial charge in [-0.1, -0.05) is 12.1 Å². The van der Waals surface area contributed by atoms with Crippen molar-refractivity contribution in [1.29, 1.82) is 0 Å². The average molecular weight is 387 g/mol. The average Bonchev–Trinajstić information content (AvgIpc) is 3.14. The maximum atomic E-state index is 12.2. The Labute approximate surface area is 161 Å². The van der Waals surface area contributed by atoms with Crippen LogP contribution in [0, 0.1) is 0 Å². The van der Waals surface area contributed by atoms with Crippen LogP contribution >= 0.6 is 0 Å². The highest BCUT2D eigenvalue weighted by Gasteiger charge is 2.17. The van der Waals surface area contributed by atoms with Crippen molar-refractivity contribution < 1.29 is 24.2 Å². The molecule has 3 N–H and O–H groups in total. The minimum Gasteiger partial charge on any atom is -0.478 e. The monoisotopic (exact) mass is 387 g/mol. The second-order valence-electron chi connectivity index (χ2n) is 6.23. The van der Waals surface area contributed by atoms with Gasteiger partial charge < -0.3 is 25.4 Å². The van der Waals surface area contributed by atoms with E-state index in [9.17, 15) is 14.4 Å². The topological polar surface area (TPSA) is 126 Å². The number of rotatable bonds is 6. The molecule has 0 radical (unpaired) electrons. The van der Waals surface area contributed by atoms with E-state index in [4.69, 9.17) is 9.84 Å². The highest BCUT2D eigenvalue weighted by atomic mass is 16.5. The number of carboxylic acids is 1. The van der Waals surface area contributed by atoms with Gasteiger partial charge in [-0.15, -0.1) is 0 Å². The van der Waals surface area contributed by atoms with E-state index in [2.05, 4.69) is 15.7 Å². The van der Waals surface area contributed by atoms with E-state index in [1.54, 1.807) is 23.2 Å². The van der Waals surface area contributed by atoms with Crippen molar-refractivity contribution >= 4 is 23.6 Å². The van der Waals surface area contributed by atoms with Gasteiger partial charge >= 0.3 is 12.0 Å². The van der Waals surface area contributed by atoms with E-state index in [0.29, 0.717) is 32.0 Å². The second kappa shape index (κ2) is 9.00. The SMILES string of the molecule is O=C(NCc1ccc(C(=O)O)cc1)Nc1cnn(CC(=O)N2CCOCC2)c1. The first kappa shape index (κ1) is 19.4. The lowest BCUT2D eigenvalue weighted by molar-refractivity contribution is -0.136. The second-order valence-corrected chi connectivity index (χ2v) is 6.23. The third-order valence-corrected chi connectivity index (χ3v) is 4.21. The van der Waals surface area contributed by atoms with Crippen molar-refractivity contribution in [1.82, 2.24) is 20.0 Å². The van der Waals surface area contributed by atoms with Crippen molar-refractivity contribution in [2.45, 2.75) is 13.1 Å². The quantitative estimate of drug-likeness (QED) is 0.672. The molecule has 0 unspecified atom stereocenters. The van der Waals surface area contributed by atoms with Crippen LogP contribution in [0.2, 0.25) is 0 Å². The summed E-state index contributed by atoms with van der Waals surface area (Å²) in [7, 11) is 0. The number of carbonyl (C=O) groups excluding carboxylic acids is 2. The summed E-state index contributed by atoms with van der Waals surface area (Å²) in [6, 6.07) is 5.80. The molecule has 3 amide bonds. The van der Waals surface area contributed by atoms with Gasteiger partial charge in [0.05, 0.1) is 30.7 Å². The molecule has 1 aromatic heterocycles. The Hall–Kier alpha value is -3.40. The fourth-order valence-electron chi connectivity index (χ4n) is 2.69. The number of urea groups is 1. The smallest absolute Gasteiger partial charge is 0.335 e. The third-order valence-electron chi connectivity index (χ3n) is 4.21. The number of aromatic nitrogens is 2. The number of anilines is 1. The van der Waals surface area contributed by atoms with Gasteiger partial charge in [0.2, 0.25) is 5.91 Å². The van der Waals surface area contributed by atoms with Crippen molar-refractivity contribution in [3.63, 3.8) is 0 Å². The molecule has 0 saturated carbocycles. The standard InChI is InChI=1S/C18H21N5O5/c24-16(22-5-7-28-8-6-22)12-23-11-15(10-20-23)21-18(27)19-9-13-1-3-14(4-2-13)17(25)26/h1-4,10-11H,5-9,12H2,(H,25,26)(H2,19,21,27). The maximum absolute atomic E-state index is 12.2. The lowest BCUT2D eigenvalue weighted by Gasteiger charge is -2.26. The van der Waals surface area contributed by atoms with Crippen molar-refractivity contribution in [3.05, 3.63) is 47.8 Å². The zero-order valence-corrected chi connectivity index (χ0v) is 15.1. The predicted molar refractivity (Wildman–Crippen MR) is 98.9 cm³/mol. The van der Waals surface area contributed by atoms with E-state index in [1.807, 2.05) is 0 Å². The molecule has 1 aliphatic heterocycles. The van der Waals surface area contributed by atoms with Gasteiger partial charge in [-0.3, -0.25) is 9.48 Å². The fraction of sp³-hybridized carbons (Fsp3) is 0.333. The molecule has 3 rings (SSSR count). The number of hydrogen-bond acceptors (Lipinski definition) is 5. The van der Waals surface area contributed by atoms with Crippen LogP contribution in [-0.2, 0) is 22.6 Å². The highest BCUT2D eigenvalue weighted by molar-refractivity contribution is 5.89. The molecule has 0 bridgehead atoms. The number of aromatic carboxylic acids is 1. The van der Waals surface area contributed by atoms with Gasteiger partial charge in [-0.05, 0) is 17.7 Å². The molecule has 0 aliphatic carbocycles. The summed E-state index contributed by atoms with van der Waals surface area (Å²) < 4.78 is 6.69. The van der Waals surface area contributed by atoms with Crippen molar-refractivity contribution in [3.8, 4) is 0 Å². The lowest BCUT2D eigenvalue weighted by Crippen LogP contribution is -2.42. The van der Waals surface area contributed by atoms with E-state index in [1.165, 1.54) is 23.0 Å². The van der Waals surface area contributed by atoms with Crippen LogP contribution in [0.25, 0.3) is 0 Å². The first-order valence-electron chi connectivity index (χ1n) is 8.76. The van der Waals surface area contributed by atoms with Crippen LogP contribution in [0.3, 0.4) is 0 Å². The summed E-state index contributed by atoms with van der Waals surface area (Å²) >= 11 is 0. The van der Waals surface area contributed by atoms with Gasteiger partial charge in [0.25, 0.3) is 0 Å². The Bertz CT molecular complexity index is 842. The van der Waals surface area contributed by atoms with E-state index in [0.717, 1.165) is 5.56 Å². The van der Waals surface area contributed by atoms with Gasteiger partial charge in [0.15, 0.2) is 0 Å². The minimum atomic E-state index is -0.999. The summed E-state index contributed by atoms with van der Waals surface area (Å²) in [4.78, 5) is 36.7. The molecule has 1 aromatic carbocycles. The van der Waals surface area contributed by atoms with Gasteiger partial charge in [-0.25, -0.2) is 9.59 Å². The number of ether oxygens (including phenoxy) is 1. The Kier molecular flexibility index (Phi) is 6.22. The predicted octanol–water partition coefficient (Wildman–Crippen LogP) is 0.762. The van der Waals surface area contributed by atoms with Gasteiger partial charge in [-0.2, -0.15) is 5.10 Å². The molecule has 10 heteroatoms. The Morgan fingerprint density at radius 1 is 1.14 bits per heavy atom. The molecule has 0 spiro atoms. The number of amides is 3. The molecule has 10 nitrogen and oxygen atoms in total. The molecule has 0 atom stereocenters. The highest BCUT2D eigenvalue weighted by Crippen LogP contribution is 2.07. The molecular formula is C18H21N5O5. The summed E-state index contributed by atoms with van der Waals surface area (Å²) in [5.41, 5.74) is 1.42. The largest absolute Gasteiger partial charge is 0.478 e. The van der Waals surface area contributed by atoms with Crippen LogP contribution < -0.4 is 10.6 Å². The van der Waals surface area contributed by atoms with E-state index >= 15 is 0 Å². The molecule has 1 aliphatic rings. The van der Waals surface area contributed by atoms with Crippen molar-refractivity contribution in [2.75, 3.05) is 31.6 Å². The summed E-state index contributed by atoms with van der Waals surface area (Å²) in [5, 5.41) is 18.3. The summed E-state index contributed by atoms with van der Waals surface area (Å²) in [6.45, 7) is 2.56. The third kappa shape index (κ3) is 5.30. The first-order valence-corrected chi connectivity index (χ1v) is 8.76. The normalized spacial score (nSPS) is 13.8. The number of benzene rings is 1. The molecule has 2 heterocycles. The lowest BCUT2D eigenvalue weighted by atomic mass is 10.1. The molecule has 1 fully saturated rings. The number of hydrogen-bond donors (Lipinski definition) is 3. The number of carboxylic acid groups (broad SMARTS) is 1. The fourth-order valence-corrected chi connectivity index (χ4v) is 2.69.